The lowest BCUT2D eigenvalue weighted by molar-refractivity contribution is 0.426. The summed E-state index contributed by atoms with van der Waals surface area (Å²) in [5, 5.41) is 0. The van der Waals surface area contributed by atoms with Gasteiger partial charge in [-0.3, -0.25) is 0 Å². The van der Waals surface area contributed by atoms with E-state index in [1.54, 1.807) is 0 Å². The largest absolute Gasteiger partial charge is 0.208 e. The molecule has 2 heterocycles. The number of nitrogens with zero attached hydrogens (tertiary/aromatic N) is 6. The molecule has 6 heteroatoms. The van der Waals surface area contributed by atoms with Gasteiger partial charge in [0.15, 0.2) is 34.9 Å². The van der Waals surface area contributed by atoms with Crippen LogP contribution in [-0.4, -0.2) is 29.9 Å². The molecule has 0 spiro atoms. The third-order valence-corrected chi connectivity index (χ3v) is 10.1. The Balaban J connectivity index is 1.16. The van der Waals surface area contributed by atoms with Gasteiger partial charge in [-0.25, -0.2) is 29.9 Å². The topological polar surface area (TPSA) is 77.3 Å². The zero-order valence-electron chi connectivity index (χ0n) is 31.2. The Labute approximate surface area is 323 Å². The normalized spacial score (nSPS) is 11.4. The predicted molar refractivity (Wildman–Crippen MR) is 223 cm³/mol. The molecule has 8 rings (SSSR count). The zero-order valence-corrected chi connectivity index (χ0v) is 31.2. The maximum Gasteiger partial charge on any atom is 0.164 e. The van der Waals surface area contributed by atoms with E-state index in [1.807, 2.05) is 121 Å². The predicted octanol–water partition coefficient (Wildman–Crippen LogP) is 11.9. The van der Waals surface area contributed by atoms with Crippen molar-refractivity contribution in [1.29, 1.82) is 0 Å². The smallest absolute Gasteiger partial charge is 0.164 e. The van der Waals surface area contributed by atoms with Crippen LogP contribution in [0.1, 0.15) is 50.7 Å². The summed E-state index contributed by atoms with van der Waals surface area (Å²) in [5.41, 5.74) is 8.13. The molecular weight excluding hydrogens is 673 g/mol. The zero-order chi connectivity index (χ0) is 37.5. The van der Waals surface area contributed by atoms with Gasteiger partial charge < -0.3 is 0 Å². The first-order valence-corrected chi connectivity index (χ1v) is 19.1. The van der Waals surface area contributed by atoms with E-state index in [0.29, 0.717) is 34.9 Å². The molecule has 0 amide bonds. The van der Waals surface area contributed by atoms with E-state index in [9.17, 15) is 0 Å². The van der Waals surface area contributed by atoms with Crippen molar-refractivity contribution < 1.29 is 0 Å². The molecule has 0 aliphatic heterocycles. The fourth-order valence-electron chi connectivity index (χ4n) is 7.47. The highest BCUT2D eigenvalue weighted by Crippen LogP contribution is 2.42. The molecule has 0 N–H and O–H groups in total. The summed E-state index contributed by atoms with van der Waals surface area (Å²) in [6, 6.07) is 58.2. The number of hydrogen-bond donors (Lipinski definition) is 0. The molecule has 0 radical (unpaired) electrons. The van der Waals surface area contributed by atoms with Crippen molar-refractivity contribution in [1.82, 2.24) is 29.9 Å². The molecule has 2 aromatic heterocycles. The molecule has 8 aromatic rings. The van der Waals surface area contributed by atoms with Gasteiger partial charge in [0.25, 0.3) is 0 Å². The third-order valence-electron chi connectivity index (χ3n) is 10.1. The molecule has 0 aliphatic carbocycles. The van der Waals surface area contributed by atoms with Crippen LogP contribution in [0.15, 0.2) is 170 Å². The molecule has 268 valence electrons. The third kappa shape index (κ3) is 7.58. The molecule has 0 aliphatic rings. The maximum absolute atomic E-state index is 4.97. The van der Waals surface area contributed by atoms with E-state index in [-0.39, 0.29) is 5.41 Å². The van der Waals surface area contributed by atoms with E-state index >= 15 is 0 Å². The minimum absolute atomic E-state index is 0.173. The van der Waals surface area contributed by atoms with Crippen molar-refractivity contribution >= 4 is 0 Å². The van der Waals surface area contributed by atoms with Crippen LogP contribution < -0.4 is 0 Å². The fraction of sp³-hybridized carbons (Fsp3) is 0.143. The maximum atomic E-state index is 4.97. The van der Waals surface area contributed by atoms with Crippen LogP contribution in [0.25, 0.3) is 68.3 Å². The Bertz CT molecular complexity index is 2180. The lowest BCUT2D eigenvalue weighted by Gasteiger charge is -2.35. The molecular formula is C49H42N6. The average Bonchev–Trinajstić information content (AvgIpc) is 3.27. The van der Waals surface area contributed by atoms with Gasteiger partial charge >= 0.3 is 0 Å². The monoisotopic (exact) mass is 714 g/mol. The van der Waals surface area contributed by atoms with Crippen LogP contribution in [0.3, 0.4) is 0 Å². The number of benzene rings is 6. The van der Waals surface area contributed by atoms with Crippen LogP contribution in [-0.2, 0) is 5.41 Å². The van der Waals surface area contributed by atoms with Gasteiger partial charge in [0.05, 0.1) is 0 Å². The van der Waals surface area contributed by atoms with E-state index in [2.05, 4.69) is 62.4 Å². The van der Waals surface area contributed by atoms with Gasteiger partial charge in [0.2, 0.25) is 0 Å². The molecule has 0 saturated carbocycles. The second-order valence-corrected chi connectivity index (χ2v) is 13.8. The van der Waals surface area contributed by atoms with Crippen molar-refractivity contribution in [3.8, 4) is 68.3 Å². The SMILES string of the molecule is CCCC(CCC)(c1ccc(-c2nc(-c3ccccc3)nc(-c3ccccc3)n2)cc1)c1ccc(-c2nc(-c3ccccc3)nc(-c3ccccc3)n2)cc1. The van der Waals surface area contributed by atoms with Crippen molar-refractivity contribution in [2.45, 2.75) is 44.9 Å². The quantitative estimate of drug-likeness (QED) is 0.125. The standard InChI is InChI=1S/C49H42N6/c1-3-33-49(34-4-2,41-29-25-39(26-30-41)47-52-43(35-17-9-5-10-18-35)50-44(53-47)36-19-11-6-12-20-36)42-31-27-40(28-32-42)48-54-45(37-21-13-7-14-22-37)51-46(55-48)38-23-15-8-16-24-38/h5-32H,3-4,33-34H2,1-2H3. The minimum Gasteiger partial charge on any atom is -0.208 e. The van der Waals surface area contributed by atoms with Crippen molar-refractivity contribution in [3.63, 3.8) is 0 Å². The van der Waals surface area contributed by atoms with Crippen LogP contribution in [0.4, 0.5) is 0 Å². The van der Waals surface area contributed by atoms with Gasteiger partial charge in [-0.1, -0.05) is 197 Å². The molecule has 0 fully saturated rings. The van der Waals surface area contributed by atoms with Crippen LogP contribution >= 0.6 is 0 Å². The summed E-state index contributed by atoms with van der Waals surface area (Å²) in [4.78, 5) is 29.7. The highest BCUT2D eigenvalue weighted by Gasteiger charge is 2.33. The molecule has 0 bridgehead atoms. The van der Waals surface area contributed by atoms with E-state index in [1.165, 1.54) is 11.1 Å². The molecule has 6 nitrogen and oxygen atoms in total. The first kappa shape index (κ1) is 35.4. The number of aromatic nitrogens is 6. The van der Waals surface area contributed by atoms with Crippen LogP contribution in [0.2, 0.25) is 0 Å². The van der Waals surface area contributed by atoms with Crippen molar-refractivity contribution in [3.05, 3.63) is 181 Å². The lowest BCUT2D eigenvalue weighted by Crippen LogP contribution is -2.27. The summed E-state index contributed by atoms with van der Waals surface area (Å²) in [7, 11) is 0. The first-order valence-electron chi connectivity index (χ1n) is 19.1. The lowest BCUT2D eigenvalue weighted by atomic mass is 9.68. The summed E-state index contributed by atoms with van der Waals surface area (Å²) in [5.74, 6) is 3.94. The molecule has 0 saturated heterocycles. The Morgan fingerprint density at radius 1 is 0.291 bits per heavy atom. The second kappa shape index (κ2) is 16.1. The van der Waals surface area contributed by atoms with Gasteiger partial charge in [0, 0.05) is 38.8 Å². The van der Waals surface area contributed by atoms with Crippen molar-refractivity contribution in [2.75, 3.05) is 0 Å². The molecule has 55 heavy (non-hydrogen) atoms. The van der Waals surface area contributed by atoms with E-state index in [0.717, 1.165) is 59.1 Å². The first-order chi connectivity index (χ1) is 27.1. The highest BCUT2D eigenvalue weighted by molar-refractivity contribution is 5.68. The summed E-state index contributed by atoms with van der Waals surface area (Å²) in [6.45, 7) is 4.55. The highest BCUT2D eigenvalue weighted by atomic mass is 15.0. The molecule has 6 aromatic carbocycles. The van der Waals surface area contributed by atoms with E-state index < -0.39 is 0 Å². The van der Waals surface area contributed by atoms with Crippen molar-refractivity contribution in [2.24, 2.45) is 0 Å². The van der Waals surface area contributed by atoms with Gasteiger partial charge in [-0.05, 0) is 24.0 Å². The Kier molecular flexibility index (Phi) is 10.4. The Morgan fingerprint density at radius 3 is 0.727 bits per heavy atom. The van der Waals surface area contributed by atoms with Crippen LogP contribution in [0.5, 0.6) is 0 Å². The average molecular weight is 715 g/mol. The van der Waals surface area contributed by atoms with Gasteiger partial charge in [-0.15, -0.1) is 0 Å². The minimum atomic E-state index is -0.173. The number of rotatable bonds is 12. The van der Waals surface area contributed by atoms with Crippen LogP contribution in [0, 0.1) is 0 Å². The summed E-state index contributed by atoms with van der Waals surface area (Å²) < 4.78 is 0. The van der Waals surface area contributed by atoms with Gasteiger partial charge in [-0.2, -0.15) is 0 Å². The number of hydrogen-bond acceptors (Lipinski definition) is 6. The molecule has 0 atom stereocenters. The second-order valence-electron chi connectivity index (χ2n) is 13.8. The fourth-order valence-corrected chi connectivity index (χ4v) is 7.47. The Hall–Kier alpha value is -6.66. The van der Waals surface area contributed by atoms with Gasteiger partial charge in [0.1, 0.15) is 0 Å². The summed E-state index contributed by atoms with van der Waals surface area (Å²) in [6.07, 6.45) is 4.13. The van der Waals surface area contributed by atoms with E-state index in [4.69, 9.17) is 29.9 Å². The Morgan fingerprint density at radius 2 is 0.509 bits per heavy atom. The molecule has 0 unspecified atom stereocenters. The summed E-state index contributed by atoms with van der Waals surface area (Å²) >= 11 is 0.